The molecule has 0 spiro atoms. The number of esters is 2. The van der Waals surface area contributed by atoms with Crippen LogP contribution in [0.5, 0.6) is 5.75 Å². The third-order valence-electron chi connectivity index (χ3n) is 4.41. The smallest absolute Gasteiger partial charge is 0.338 e. The van der Waals surface area contributed by atoms with Crippen molar-refractivity contribution in [1.29, 1.82) is 0 Å². The van der Waals surface area contributed by atoms with Crippen LogP contribution in [0, 0.1) is 0 Å². The van der Waals surface area contributed by atoms with Crippen LogP contribution in [0.2, 0.25) is 0 Å². The minimum absolute atomic E-state index is 0.0303. The molecule has 0 saturated carbocycles. The number of amides is 1. The third-order valence-corrected chi connectivity index (χ3v) is 4.41. The van der Waals surface area contributed by atoms with Gasteiger partial charge in [-0.3, -0.25) is 4.79 Å². The molecule has 0 aromatic heterocycles. The fourth-order valence-corrected chi connectivity index (χ4v) is 2.91. The Bertz CT molecular complexity index is 845. The van der Waals surface area contributed by atoms with Crippen LogP contribution in [0.4, 0.5) is 0 Å². The molecule has 2 rings (SSSR count). The summed E-state index contributed by atoms with van der Waals surface area (Å²) in [5, 5.41) is 2.89. The third kappa shape index (κ3) is 8.12. The molecule has 0 unspecified atom stereocenters. The zero-order valence-corrected chi connectivity index (χ0v) is 18.2. The number of benzene rings is 2. The molecule has 0 radical (unpaired) electrons. The van der Waals surface area contributed by atoms with Gasteiger partial charge in [0.25, 0.3) is 5.91 Å². The predicted molar refractivity (Wildman–Crippen MR) is 116 cm³/mol. The van der Waals surface area contributed by atoms with Crippen LogP contribution in [0.3, 0.4) is 0 Å². The highest BCUT2D eigenvalue weighted by atomic mass is 16.5. The molecule has 7 nitrogen and oxygen atoms in total. The van der Waals surface area contributed by atoms with E-state index in [9.17, 15) is 14.4 Å². The van der Waals surface area contributed by atoms with E-state index in [-0.39, 0.29) is 48.6 Å². The van der Waals surface area contributed by atoms with Gasteiger partial charge in [-0.2, -0.15) is 0 Å². The summed E-state index contributed by atoms with van der Waals surface area (Å²) < 4.78 is 15.5. The van der Waals surface area contributed by atoms with Crippen LogP contribution in [0.1, 0.15) is 53.5 Å². The fraction of sp³-hybridized carbons (Fsp3) is 0.375. The van der Waals surface area contributed by atoms with E-state index in [0.717, 1.165) is 12.8 Å². The standard InChI is InChI=1S/C24H29NO6/c1-4-29-23(27)19-13-20(24(28)30-5-2)15-21(14-19)31-16-22(26)25-17(3)11-12-18-9-7-6-8-10-18/h6-10,13-15,17H,4-5,11-12,16H2,1-3H3,(H,25,26)/t17-/m0/s1. The second-order valence-corrected chi connectivity index (χ2v) is 6.97. The first-order valence-electron chi connectivity index (χ1n) is 10.4. The van der Waals surface area contributed by atoms with Crippen molar-refractivity contribution in [3.63, 3.8) is 0 Å². The monoisotopic (exact) mass is 427 g/mol. The molecule has 0 heterocycles. The Morgan fingerprint density at radius 2 is 1.48 bits per heavy atom. The molecular formula is C24H29NO6. The summed E-state index contributed by atoms with van der Waals surface area (Å²) in [6.45, 7) is 5.46. The Balaban J connectivity index is 1.96. The van der Waals surface area contributed by atoms with Gasteiger partial charge in [0.1, 0.15) is 5.75 Å². The number of nitrogens with one attached hydrogen (secondary N) is 1. The van der Waals surface area contributed by atoms with E-state index in [1.807, 2.05) is 25.1 Å². The van der Waals surface area contributed by atoms with E-state index in [1.165, 1.54) is 23.8 Å². The molecule has 0 aliphatic carbocycles. The van der Waals surface area contributed by atoms with E-state index in [2.05, 4.69) is 17.4 Å². The largest absolute Gasteiger partial charge is 0.484 e. The minimum atomic E-state index is -0.586. The van der Waals surface area contributed by atoms with Crippen molar-refractivity contribution in [2.75, 3.05) is 19.8 Å². The summed E-state index contributed by atoms with van der Waals surface area (Å²) in [7, 11) is 0. The summed E-state index contributed by atoms with van der Waals surface area (Å²) in [6.07, 6.45) is 1.65. The van der Waals surface area contributed by atoms with Crippen molar-refractivity contribution in [2.24, 2.45) is 0 Å². The normalized spacial score (nSPS) is 11.3. The van der Waals surface area contributed by atoms with Crippen LogP contribution < -0.4 is 10.1 Å². The maximum absolute atomic E-state index is 12.3. The zero-order chi connectivity index (χ0) is 22.6. The second kappa shape index (κ2) is 12.4. The van der Waals surface area contributed by atoms with Crippen LogP contribution in [0.15, 0.2) is 48.5 Å². The summed E-state index contributed by atoms with van der Waals surface area (Å²) >= 11 is 0. The van der Waals surface area contributed by atoms with Gasteiger partial charge in [-0.15, -0.1) is 0 Å². The highest BCUT2D eigenvalue weighted by Gasteiger charge is 2.16. The molecule has 31 heavy (non-hydrogen) atoms. The molecule has 0 fully saturated rings. The van der Waals surface area contributed by atoms with E-state index >= 15 is 0 Å². The lowest BCUT2D eigenvalue weighted by Gasteiger charge is -2.15. The van der Waals surface area contributed by atoms with Crippen LogP contribution in [-0.2, 0) is 20.7 Å². The summed E-state index contributed by atoms with van der Waals surface area (Å²) in [6, 6.07) is 14.3. The summed E-state index contributed by atoms with van der Waals surface area (Å²) in [5.74, 6) is -1.25. The van der Waals surface area contributed by atoms with Crippen molar-refractivity contribution >= 4 is 17.8 Å². The van der Waals surface area contributed by atoms with Crippen LogP contribution in [-0.4, -0.2) is 43.7 Å². The molecule has 2 aromatic carbocycles. The lowest BCUT2D eigenvalue weighted by atomic mass is 10.1. The molecule has 0 saturated heterocycles. The van der Waals surface area contributed by atoms with Gasteiger partial charge in [-0.1, -0.05) is 30.3 Å². The lowest BCUT2D eigenvalue weighted by molar-refractivity contribution is -0.123. The number of rotatable bonds is 11. The first kappa shape index (κ1) is 23.9. The van der Waals surface area contributed by atoms with Crippen molar-refractivity contribution in [2.45, 2.75) is 39.7 Å². The van der Waals surface area contributed by atoms with Gasteiger partial charge in [0.05, 0.1) is 24.3 Å². The molecule has 1 N–H and O–H groups in total. The van der Waals surface area contributed by atoms with Crippen molar-refractivity contribution in [3.8, 4) is 5.75 Å². The molecule has 0 bridgehead atoms. The first-order valence-corrected chi connectivity index (χ1v) is 10.4. The molecule has 166 valence electrons. The minimum Gasteiger partial charge on any atom is -0.484 e. The van der Waals surface area contributed by atoms with Gasteiger partial charge in [0, 0.05) is 6.04 Å². The number of ether oxygens (including phenoxy) is 3. The van der Waals surface area contributed by atoms with Crippen molar-refractivity contribution < 1.29 is 28.6 Å². The van der Waals surface area contributed by atoms with E-state index in [4.69, 9.17) is 14.2 Å². The van der Waals surface area contributed by atoms with Gasteiger partial charge in [-0.05, 0) is 57.4 Å². The Kier molecular flexibility index (Phi) is 9.55. The van der Waals surface area contributed by atoms with Crippen molar-refractivity contribution in [3.05, 3.63) is 65.2 Å². The zero-order valence-electron chi connectivity index (χ0n) is 18.2. The van der Waals surface area contributed by atoms with Gasteiger partial charge < -0.3 is 19.5 Å². The van der Waals surface area contributed by atoms with Crippen LogP contribution in [0.25, 0.3) is 0 Å². The number of carbonyl (C=O) groups excluding carboxylic acids is 3. The van der Waals surface area contributed by atoms with Gasteiger partial charge in [0.15, 0.2) is 6.61 Å². The Morgan fingerprint density at radius 3 is 2.03 bits per heavy atom. The second-order valence-electron chi connectivity index (χ2n) is 6.97. The quantitative estimate of drug-likeness (QED) is 0.552. The average molecular weight is 427 g/mol. The van der Waals surface area contributed by atoms with E-state index in [0.29, 0.717) is 0 Å². The highest BCUT2D eigenvalue weighted by molar-refractivity contribution is 5.96. The topological polar surface area (TPSA) is 90.9 Å². The molecular weight excluding hydrogens is 398 g/mol. The Labute approximate surface area is 182 Å². The number of carbonyl (C=O) groups is 3. The van der Waals surface area contributed by atoms with E-state index < -0.39 is 11.9 Å². The summed E-state index contributed by atoms with van der Waals surface area (Å²) in [4.78, 5) is 36.4. The summed E-state index contributed by atoms with van der Waals surface area (Å²) in [5.41, 5.74) is 1.51. The first-order chi connectivity index (χ1) is 14.9. The lowest BCUT2D eigenvalue weighted by Crippen LogP contribution is -2.36. The van der Waals surface area contributed by atoms with Gasteiger partial charge >= 0.3 is 11.9 Å². The molecule has 2 aromatic rings. The van der Waals surface area contributed by atoms with Gasteiger partial charge in [0.2, 0.25) is 0 Å². The number of aryl methyl sites for hydroxylation is 1. The maximum atomic E-state index is 12.3. The molecule has 1 atom stereocenters. The van der Waals surface area contributed by atoms with Crippen molar-refractivity contribution in [1.82, 2.24) is 5.32 Å². The highest BCUT2D eigenvalue weighted by Crippen LogP contribution is 2.19. The molecule has 7 heteroatoms. The van der Waals surface area contributed by atoms with E-state index in [1.54, 1.807) is 13.8 Å². The predicted octanol–water partition coefficient (Wildman–Crippen LogP) is 3.56. The average Bonchev–Trinajstić information content (AvgIpc) is 2.77. The number of hydrogen-bond donors (Lipinski definition) is 1. The Morgan fingerprint density at radius 1 is 0.903 bits per heavy atom. The fourth-order valence-electron chi connectivity index (χ4n) is 2.91. The van der Waals surface area contributed by atoms with Gasteiger partial charge in [-0.25, -0.2) is 9.59 Å². The molecule has 1 amide bonds. The molecule has 0 aliphatic rings. The maximum Gasteiger partial charge on any atom is 0.338 e. The Hall–Kier alpha value is -3.35. The SMILES string of the molecule is CCOC(=O)c1cc(OCC(=O)N[C@@H](C)CCc2ccccc2)cc(C(=O)OCC)c1. The number of hydrogen-bond acceptors (Lipinski definition) is 6. The molecule has 0 aliphatic heterocycles. The van der Waals surface area contributed by atoms with Crippen LogP contribution >= 0.6 is 0 Å².